The molecule has 2 heterocycles. The van der Waals surface area contributed by atoms with Crippen LogP contribution in [0.4, 0.5) is 0 Å². The van der Waals surface area contributed by atoms with Gasteiger partial charge in [0.25, 0.3) is 0 Å². The van der Waals surface area contributed by atoms with Crippen LogP contribution >= 0.6 is 0 Å². The minimum absolute atomic E-state index is 0.812. The molecule has 3 rings (SSSR count). The topological polar surface area (TPSA) is 15.3 Å². The van der Waals surface area contributed by atoms with Crippen molar-refractivity contribution in [3.8, 4) is 0 Å². The van der Waals surface area contributed by atoms with Gasteiger partial charge in [-0.1, -0.05) is 33.1 Å². The van der Waals surface area contributed by atoms with E-state index in [1.165, 1.54) is 70.8 Å². The Balaban J connectivity index is 1.64. The Morgan fingerprint density at radius 3 is 2.30 bits per heavy atom. The number of hydrogen-bond acceptors (Lipinski definition) is 2. The third-order valence-electron chi connectivity index (χ3n) is 6.25. The molecule has 0 aromatic rings. The fourth-order valence-corrected chi connectivity index (χ4v) is 5.33. The fourth-order valence-electron chi connectivity index (χ4n) is 5.33. The van der Waals surface area contributed by atoms with Crippen molar-refractivity contribution in [2.45, 2.75) is 102 Å². The van der Waals surface area contributed by atoms with Crippen LogP contribution in [0, 0.1) is 5.92 Å². The van der Waals surface area contributed by atoms with Crippen LogP contribution in [0.15, 0.2) is 0 Å². The van der Waals surface area contributed by atoms with Crippen LogP contribution in [-0.4, -0.2) is 35.6 Å². The number of rotatable bonds is 5. The van der Waals surface area contributed by atoms with E-state index in [0.29, 0.717) is 0 Å². The molecule has 116 valence electrons. The first-order valence-corrected chi connectivity index (χ1v) is 9.34. The maximum Gasteiger partial charge on any atom is 0.0129 e. The molecule has 1 saturated carbocycles. The van der Waals surface area contributed by atoms with E-state index in [0.717, 1.165) is 30.1 Å². The van der Waals surface area contributed by atoms with Gasteiger partial charge >= 0.3 is 0 Å². The van der Waals surface area contributed by atoms with Crippen molar-refractivity contribution in [1.29, 1.82) is 0 Å². The van der Waals surface area contributed by atoms with E-state index >= 15 is 0 Å². The van der Waals surface area contributed by atoms with Gasteiger partial charge < -0.3 is 5.32 Å². The lowest BCUT2D eigenvalue weighted by atomic mass is 9.80. The summed E-state index contributed by atoms with van der Waals surface area (Å²) in [6.07, 6.45) is 14.4. The van der Waals surface area contributed by atoms with Crippen LogP contribution in [-0.2, 0) is 0 Å². The monoisotopic (exact) mass is 278 g/mol. The minimum Gasteiger partial charge on any atom is -0.314 e. The van der Waals surface area contributed by atoms with Crippen LogP contribution < -0.4 is 5.32 Å². The molecule has 20 heavy (non-hydrogen) atoms. The summed E-state index contributed by atoms with van der Waals surface area (Å²) in [5.74, 6) is 0.993. The highest BCUT2D eigenvalue weighted by molar-refractivity contribution is 5.01. The maximum atomic E-state index is 3.79. The van der Waals surface area contributed by atoms with Gasteiger partial charge in [0.2, 0.25) is 0 Å². The van der Waals surface area contributed by atoms with Crippen LogP contribution in [0.3, 0.4) is 0 Å². The Hall–Kier alpha value is -0.0800. The first-order valence-electron chi connectivity index (χ1n) is 9.34. The van der Waals surface area contributed by atoms with Crippen molar-refractivity contribution in [3.05, 3.63) is 0 Å². The molecule has 0 radical (unpaired) electrons. The van der Waals surface area contributed by atoms with Gasteiger partial charge in [-0.2, -0.15) is 0 Å². The molecular formula is C18H34N2. The molecule has 3 fully saturated rings. The van der Waals surface area contributed by atoms with Gasteiger partial charge in [0.05, 0.1) is 0 Å². The molecule has 2 heteroatoms. The van der Waals surface area contributed by atoms with E-state index in [1.54, 1.807) is 0 Å². The molecule has 3 aliphatic rings. The molecule has 0 aromatic carbocycles. The lowest BCUT2D eigenvalue weighted by Crippen LogP contribution is -2.55. The van der Waals surface area contributed by atoms with Crippen LogP contribution in [0.5, 0.6) is 0 Å². The Labute approximate surface area is 125 Å². The van der Waals surface area contributed by atoms with Crippen molar-refractivity contribution in [2.75, 3.05) is 6.54 Å². The largest absolute Gasteiger partial charge is 0.314 e. The van der Waals surface area contributed by atoms with Gasteiger partial charge in [0, 0.05) is 24.2 Å². The SMILES string of the molecule is CCCNC1CC2CCC(C1)N2C1CCCCC1CC. The maximum absolute atomic E-state index is 3.79. The summed E-state index contributed by atoms with van der Waals surface area (Å²) >= 11 is 0. The molecule has 4 atom stereocenters. The molecule has 1 N–H and O–H groups in total. The van der Waals surface area contributed by atoms with Gasteiger partial charge in [0.1, 0.15) is 0 Å². The molecule has 2 bridgehead atoms. The Morgan fingerprint density at radius 2 is 1.65 bits per heavy atom. The summed E-state index contributed by atoms with van der Waals surface area (Å²) in [6, 6.07) is 3.55. The summed E-state index contributed by atoms with van der Waals surface area (Å²) in [5.41, 5.74) is 0. The zero-order valence-electron chi connectivity index (χ0n) is 13.6. The smallest absolute Gasteiger partial charge is 0.0129 e. The van der Waals surface area contributed by atoms with Crippen LogP contribution in [0.25, 0.3) is 0 Å². The highest BCUT2D eigenvalue weighted by atomic mass is 15.3. The van der Waals surface area contributed by atoms with E-state index in [9.17, 15) is 0 Å². The second-order valence-corrected chi connectivity index (χ2v) is 7.47. The van der Waals surface area contributed by atoms with Crippen molar-refractivity contribution in [3.63, 3.8) is 0 Å². The third kappa shape index (κ3) is 2.92. The van der Waals surface area contributed by atoms with E-state index in [4.69, 9.17) is 0 Å². The van der Waals surface area contributed by atoms with E-state index < -0.39 is 0 Å². The highest BCUT2D eigenvalue weighted by Gasteiger charge is 2.45. The molecule has 0 aromatic heterocycles. The standard InChI is InChI=1S/C18H34N2/c1-3-11-19-15-12-16-9-10-17(13-15)20(16)18-8-6-5-7-14(18)4-2/h14-19H,3-13H2,1-2H3. The fraction of sp³-hybridized carbons (Fsp3) is 1.00. The summed E-state index contributed by atoms with van der Waals surface area (Å²) in [6.45, 7) is 5.91. The molecule has 2 aliphatic heterocycles. The van der Waals surface area contributed by atoms with Crippen molar-refractivity contribution < 1.29 is 0 Å². The third-order valence-corrected chi connectivity index (χ3v) is 6.25. The lowest BCUT2D eigenvalue weighted by Gasteiger charge is -2.48. The summed E-state index contributed by atoms with van der Waals surface area (Å²) in [7, 11) is 0. The van der Waals surface area contributed by atoms with Crippen LogP contribution in [0.2, 0.25) is 0 Å². The molecule has 2 nitrogen and oxygen atoms in total. The highest BCUT2D eigenvalue weighted by Crippen LogP contribution is 2.42. The van der Waals surface area contributed by atoms with Crippen molar-refractivity contribution in [2.24, 2.45) is 5.92 Å². The average molecular weight is 278 g/mol. The number of nitrogens with one attached hydrogen (secondary N) is 1. The molecule has 4 unspecified atom stereocenters. The molecule has 0 amide bonds. The minimum atomic E-state index is 0.812. The second kappa shape index (κ2) is 6.79. The van der Waals surface area contributed by atoms with Gasteiger partial charge in [-0.15, -0.1) is 0 Å². The molecular weight excluding hydrogens is 244 g/mol. The number of hydrogen-bond donors (Lipinski definition) is 1. The lowest BCUT2D eigenvalue weighted by molar-refractivity contribution is 0.0203. The number of nitrogens with zero attached hydrogens (tertiary/aromatic N) is 1. The van der Waals surface area contributed by atoms with Gasteiger partial charge in [-0.25, -0.2) is 0 Å². The number of fused-ring (bicyclic) bond motifs is 2. The van der Waals surface area contributed by atoms with Crippen molar-refractivity contribution in [1.82, 2.24) is 10.2 Å². The van der Waals surface area contributed by atoms with Crippen molar-refractivity contribution >= 4 is 0 Å². The Bertz CT molecular complexity index is 290. The first kappa shape index (κ1) is 14.8. The van der Waals surface area contributed by atoms with Gasteiger partial charge in [0.15, 0.2) is 0 Å². The zero-order valence-corrected chi connectivity index (χ0v) is 13.6. The summed E-state index contributed by atoms with van der Waals surface area (Å²) in [5, 5.41) is 3.79. The first-order chi connectivity index (χ1) is 9.83. The van der Waals surface area contributed by atoms with Gasteiger partial charge in [-0.3, -0.25) is 4.90 Å². The molecule has 1 aliphatic carbocycles. The summed E-state index contributed by atoms with van der Waals surface area (Å²) < 4.78 is 0. The van der Waals surface area contributed by atoms with Crippen LogP contribution in [0.1, 0.15) is 78.1 Å². The zero-order chi connectivity index (χ0) is 13.9. The normalized spacial score (nSPS) is 42.0. The quantitative estimate of drug-likeness (QED) is 0.819. The molecule has 0 spiro atoms. The predicted octanol–water partition coefficient (Wildman–Crippen LogP) is 3.95. The van der Waals surface area contributed by atoms with Gasteiger partial charge in [-0.05, 0) is 57.4 Å². The Morgan fingerprint density at radius 1 is 0.950 bits per heavy atom. The second-order valence-electron chi connectivity index (χ2n) is 7.47. The summed E-state index contributed by atoms with van der Waals surface area (Å²) in [4.78, 5) is 3.01. The number of piperidine rings is 1. The van der Waals surface area contributed by atoms with E-state index in [2.05, 4.69) is 24.1 Å². The Kier molecular flexibility index (Phi) is 5.04. The average Bonchev–Trinajstić information content (AvgIpc) is 2.75. The van der Waals surface area contributed by atoms with E-state index in [1.807, 2.05) is 0 Å². The molecule has 2 saturated heterocycles. The van der Waals surface area contributed by atoms with E-state index in [-0.39, 0.29) is 0 Å². The predicted molar refractivity (Wildman–Crippen MR) is 86.0 cm³/mol.